The Morgan fingerprint density at radius 3 is 2.32 bits per heavy atom. The van der Waals surface area contributed by atoms with Crippen molar-refractivity contribution in [3.05, 3.63) is 87.4 Å². The molecule has 0 unspecified atom stereocenters. The van der Waals surface area contributed by atoms with Gasteiger partial charge in [-0.25, -0.2) is 0 Å². The highest BCUT2D eigenvalue weighted by Gasteiger charge is 2.17. The van der Waals surface area contributed by atoms with Crippen LogP contribution in [0.25, 0.3) is 10.9 Å². The summed E-state index contributed by atoms with van der Waals surface area (Å²) in [5, 5.41) is 21.6. The minimum Gasteiger partial charge on any atom is -0.493 e. The molecule has 0 fully saturated rings. The first kappa shape index (κ1) is 18.8. The maximum atomic E-state index is 10.9. The first-order chi connectivity index (χ1) is 13.5. The summed E-state index contributed by atoms with van der Waals surface area (Å²) in [5.74, 6) is 0.0167. The molecule has 140 valence electrons. The van der Waals surface area contributed by atoms with Gasteiger partial charge in [-0.3, -0.25) is 0 Å². The van der Waals surface area contributed by atoms with E-state index < -0.39 is 0 Å². The third-order valence-electron chi connectivity index (χ3n) is 4.35. The Bertz CT molecular complexity index is 1200. The molecule has 1 N–H and O–H groups in total. The molecular weight excluding hydrogens is 417 g/mol. The monoisotopic (exact) mass is 429 g/mol. The van der Waals surface area contributed by atoms with Crippen molar-refractivity contribution in [1.29, 1.82) is 0 Å². The molecule has 0 spiro atoms. The number of hydrogen-bond donors (Lipinski definition) is 1. The average molecular weight is 431 g/mol. The van der Waals surface area contributed by atoms with E-state index in [1.54, 1.807) is 28.8 Å². The molecule has 0 saturated heterocycles. The fourth-order valence-electron chi connectivity index (χ4n) is 2.99. The Hall–Kier alpha value is -2.53. The highest BCUT2D eigenvalue weighted by molar-refractivity contribution is 6.42. The normalized spacial score (nSPS) is 11.5. The van der Waals surface area contributed by atoms with E-state index in [9.17, 15) is 5.11 Å². The predicted octanol–water partition coefficient (Wildman–Crippen LogP) is 7.77. The molecule has 0 atom stereocenters. The lowest BCUT2D eigenvalue weighted by atomic mass is 10.2. The number of fused-ring (bicyclic) bond motifs is 1. The lowest BCUT2D eigenvalue weighted by Gasteiger charge is -2.08. The number of aromatic hydroxyl groups is 1. The molecule has 1 heterocycles. The van der Waals surface area contributed by atoms with Crippen LogP contribution in [0.15, 0.2) is 77.0 Å². The van der Waals surface area contributed by atoms with Crippen LogP contribution in [-0.4, -0.2) is 9.67 Å². The molecule has 0 bridgehead atoms. The van der Waals surface area contributed by atoms with Crippen LogP contribution in [0.5, 0.6) is 5.88 Å². The van der Waals surface area contributed by atoms with Crippen LogP contribution in [0, 0.1) is 0 Å². The van der Waals surface area contributed by atoms with E-state index in [0.29, 0.717) is 33.0 Å². The molecule has 4 rings (SSSR count). The summed E-state index contributed by atoms with van der Waals surface area (Å²) in [6.07, 6.45) is 0. The van der Waals surface area contributed by atoms with E-state index in [-0.39, 0.29) is 5.88 Å². The van der Waals surface area contributed by atoms with Gasteiger partial charge in [0.2, 0.25) is 5.88 Å². The Balaban J connectivity index is 1.79. The zero-order valence-electron chi connectivity index (χ0n) is 14.5. The van der Waals surface area contributed by atoms with Crippen LogP contribution in [0.2, 0.25) is 15.1 Å². The lowest BCUT2D eigenvalue weighted by Crippen LogP contribution is -1.98. The summed E-state index contributed by atoms with van der Waals surface area (Å²) in [5.41, 5.74) is 2.65. The fourth-order valence-corrected chi connectivity index (χ4v) is 3.48. The van der Waals surface area contributed by atoms with Gasteiger partial charge in [0.15, 0.2) is 5.69 Å². The molecule has 7 heteroatoms. The fraction of sp³-hybridized carbons (Fsp3) is 0.0476. The van der Waals surface area contributed by atoms with Crippen LogP contribution >= 0.6 is 34.8 Å². The van der Waals surface area contributed by atoms with E-state index in [2.05, 4.69) is 10.2 Å². The zero-order valence-corrected chi connectivity index (χ0v) is 16.7. The molecule has 0 radical (unpaired) electrons. The second-order valence-corrected chi connectivity index (χ2v) is 7.40. The van der Waals surface area contributed by atoms with Gasteiger partial charge in [0, 0.05) is 5.39 Å². The average Bonchev–Trinajstić information content (AvgIpc) is 2.96. The Morgan fingerprint density at radius 2 is 1.54 bits per heavy atom. The molecule has 4 aromatic rings. The van der Waals surface area contributed by atoms with Crippen LogP contribution < -0.4 is 0 Å². The molecule has 1 aromatic heterocycles. The van der Waals surface area contributed by atoms with Gasteiger partial charge in [-0.05, 0) is 35.9 Å². The Morgan fingerprint density at radius 1 is 0.786 bits per heavy atom. The van der Waals surface area contributed by atoms with Crippen LogP contribution in [0.4, 0.5) is 11.4 Å². The van der Waals surface area contributed by atoms with Gasteiger partial charge in [0.1, 0.15) is 5.69 Å². The van der Waals surface area contributed by atoms with Crippen molar-refractivity contribution < 1.29 is 5.11 Å². The largest absolute Gasteiger partial charge is 0.493 e. The van der Waals surface area contributed by atoms with E-state index >= 15 is 0 Å². The van der Waals surface area contributed by atoms with E-state index in [4.69, 9.17) is 34.8 Å². The molecular formula is C21H14Cl3N3O. The lowest BCUT2D eigenvalue weighted by molar-refractivity contribution is 0.429. The number of benzene rings is 3. The van der Waals surface area contributed by atoms with Gasteiger partial charge < -0.3 is 9.67 Å². The minimum absolute atomic E-state index is 0.0167. The van der Waals surface area contributed by atoms with Crippen molar-refractivity contribution >= 4 is 57.1 Å². The minimum atomic E-state index is 0.0167. The molecule has 0 aliphatic rings. The molecule has 0 aliphatic heterocycles. The van der Waals surface area contributed by atoms with Gasteiger partial charge in [-0.2, -0.15) is 0 Å². The van der Waals surface area contributed by atoms with Crippen molar-refractivity contribution in [2.45, 2.75) is 6.54 Å². The topological polar surface area (TPSA) is 49.9 Å². The standard InChI is InChI=1S/C21H14Cl3N3O/c22-15-10-9-13(11-17(15)24)12-27-19-8-4-1-5-14(19)20(21(27)28)26-25-18-7-3-2-6-16(18)23/h1-11,28H,12H2. The number of para-hydroxylation sites is 1. The Labute approximate surface area is 176 Å². The highest BCUT2D eigenvalue weighted by atomic mass is 35.5. The SMILES string of the molecule is Oc1c(N=Nc2ccccc2Cl)c2ccccc2n1Cc1ccc(Cl)c(Cl)c1. The van der Waals surface area contributed by atoms with E-state index in [0.717, 1.165) is 16.5 Å². The van der Waals surface area contributed by atoms with E-state index in [1.807, 2.05) is 42.5 Å². The number of azo groups is 1. The van der Waals surface area contributed by atoms with Gasteiger partial charge in [0.25, 0.3) is 0 Å². The van der Waals surface area contributed by atoms with Crippen molar-refractivity contribution in [2.75, 3.05) is 0 Å². The van der Waals surface area contributed by atoms with Gasteiger partial charge >= 0.3 is 0 Å². The summed E-state index contributed by atoms with van der Waals surface area (Å²) in [7, 11) is 0. The van der Waals surface area contributed by atoms with Gasteiger partial charge in [0.05, 0.1) is 27.1 Å². The first-order valence-corrected chi connectivity index (χ1v) is 9.58. The molecule has 0 saturated carbocycles. The second-order valence-electron chi connectivity index (χ2n) is 6.18. The predicted molar refractivity (Wildman–Crippen MR) is 115 cm³/mol. The van der Waals surface area contributed by atoms with Crippen LogP contribution in [0.3, 0.4) is 0 Å². The number of hydrogen-bond acceptors (Lipinski definition) is 3. The molecule has 3 aromatic carbocycles. The highest BCUT2D eigenvalue weighted by Crippen LogP contribution is 2.40. The maximum absolute atomic E-state index is 10.9. The second kappa shape index (κ2) is 7.84. The number of halogens is 3. The van der Waals surface area contributed by atoms with Crippen LogP contribution in [-0.2, 0) is 6.54 Å². The molecule has 0 aliphatic carbocycles. The van der Waals surface area contributed by atoms with Gasteiger partial charge in [-0.1, -0.05) is 71.2 Å². The maximum Gasteiger partial charge on any atom is 0.221 e. The third kappa shape index (κ3) is 3.59. The Kier molecular flexibility index (Phi) is 5.27. The summed E-state index contributed by atoms with van der Waals surface area (Å²) in [6, 6.07) is 20.1. The summed E-state index contributed by atoms with van der Waals surface area (Å²) in [4.78, 5) is 0. The number of aromatic nitrogens is 1. The quantitative estimate of drug-likeness (QED) is 0.330. The molecule has 4 nitrogen and oxygen atoms in total. The number of nitrogens with zero attached hydrogens (tertiary/aromatic N) is 3. The summed E-state index contributed by atoms with van der Waals surface area (Å²) in [6.45, 7) is 0.408. The van der Waals surface area contributed by atoms with Crippen molar-refractivity contribution in [1.82, 2.24) is 4.57 Å². The van der Waals surface area contributed by atoms with Crippen molar-refractivity contribution in [3.63, 3.8) is 0 Å². The van der Waals surface area contributed by atoms with Gasteiger partial charge in [-0.15, -0.1) is 10.2 Å². The smallest absolute Gasteiger partial charge is 0.221 e. The zero-order chi connectivity index (χ0) is 19.7. The van der Waals surface area contributed by atoms with E-state index in [1.165, 1.54) is 0 Å². The summed E-state index contributed by atoms with van der Waals surface area (Å²) < 4.78 is 1.76. The third-order valence-corrected chi connectivity index (χ3v) is 5.41. The van der Waals surface area contributed by atoms with Crippen molar-refractivity contribution in [3.8, 4) is 5.88 Å². The van der Waals surface area contributed by atoms with Crippen LogP contribution in [0.1, 0.15) is 5.56 Å². The first-order valence-electron chi connectivity index (χ1n) is 8.45. The summed E-state index contributed by atoms with van der Waals surface area (Å²) >= 11 is 18.3. The molecule has 0 amide bonds. The molecule has 28 heavy (non-hydrogen) atoms. The van der Waals surface area contributed by atoms with Crippen molar-refractivity contribution in [2.24, 2.45) is 10.2 Å². The number of rotatable bonds is 4.